The number of anilines is 2. The zero-order chi connectivity index (χ0) is 33.6. The van der Waals surface area contributed by atoms with Gasteiger partial charge in [-0.2, -0.15) is 0 Å². The number of para-hydroxylation sites is 1. The van der Waals surface area contributed by atoms with E-state index in [-0.39, 0.29) is 19.5 Å². The van der Waals surface area contributed by atoms with Gasteiger partial charge in [-0.25, -0.2) is 9.97 Å². The van der Waals surface area contributed by atoms with Crippen LogP contribution in [0.25, 0.3) is 62.2 Å². The molecule has 2 aliphatic heterocycles. The van der Waals surface area contributed by atoms with Crippen LogP contribution in [0.4, 0.5) is 11.4 Å². The van der Waals surface area contributed by atoms with Crippen LogP contribution in [0.2, 0.25) is 0 Å². The van der Waals surface area contributed by atoms with Gasteiger partial charge in [0.05, 0.1) is 45.2 Å². The van der Waals surface area contributed by atoms with Crippen LogP contribution < -0.4 is 11.5 Å². The summed E-state index contributed by atoms with van der Waals surface area (Å²) in [6.07, 6.45) is 4.01. The Morgan fingerprint density at radius 1 is 0.510 bits per heavy atom. The summed E-state index contributed by atoms with van der Waals surface area (Å²) in [6.45, 7) is 0. The van der Waals surface area contributed by atoms with E-state index in [1.165, 1.54) is 0 Å². The van der Waals surface area contributed by atoms with Crippen LogP contribution in [0, 0.1) is 0 Å². The van der Waals surface area contributed by atoms with Gasteiger partial charge in [-0.1, -0.05) is 109 Å². The number of hydrogen-bond acceptors (Lipinski definition) is 4. The summed E-state index contributed by atoms with van der Waals surface area (Å²) in [5.41, 5.74) is 28.7. The Morgan fingerprint density at radius 2 is 1.04 bits per heavy atom. The van der Waals surface area contributed by atoms with Crippen molar-refractivity contribution >= 4 is 56.7 Å². The molecule has 6 nitrogen and oxygen atoms in total. The minimum absolute atomic E-state index is 0. The molecule has 0 amide bonds. The molecule has 3 aromatic heterocycles. The fourth-order valence-electron chi connectivity index (χ4n) is 7.00. The topological polar surface area (TPSA) is 98.5 Å². The van der Waals surface area contributed by atoms with Crippen molar-refractivity contribution in [2.24, 2.45) is 0 Å². The van der Waals surface area contributed by atoms with Crippen molar-refractivity contribution in [2.45, 2.75) is 0 Å². The van der Waals surface area contributed by atoms with E-state index in [4.69, 9.17) is 21.4 Å². The van der Waals surface area contributed by atoms with Crippen LogP contribution in [-0.4, -0.2) is 19.5 Å². The van der Waals surface area contributed by atoms with Crippen molar-refractivity contribution in [1.82, 2.24) is 19.5 Å². The SMILES string of the molecule is Nc1c(N)c2c(-c3ccccc3)c3nc(cc4ccc(cc5nc(cc1n2-c1ccccc1)C=C5)[nH]4)C(c1ccccc1)=C3c1ccccc1.[Zn]. The Balaban J connectivity index is 0.00000374. The second-order valence-electron chi connectivity index (χ2n) is 12.4. The number of nitrogens with two attached hydrogens (primary N) is 2. The molecule has 240 valence electrons. The zero-order valence-corrected chi connectivity index (χ0v) is 30.8. The molecule has 0 radical (unpaired) electrons. The first-order valence-electron chi connectivity index (χ1n) is 16.6. The van der Waals surface area contributed by atoms with E-state index in [0.29, 0.717) is 11.4 Å². The molecule has 2 aliphatic rings. The Labute approximate surface area is 308 Å². The Morgan fingerprint density at radius 3 is 1.67 bits per heavy atom. The molecular formula is C44H32N6Zn. The maximum atomic E-state index is 7.19. The van der Waals surface area contributed by atoms with E-state index >= 15 is 0 Å². The average molecular weight is 710 g/mol. The molecule has 0 saturated carbocycles. The number of benzene rings is 4. The number of fused-ring (bicyclic) bond motifs is 8. The van der Waals surface area contributed by atoms with Gasteiger partial charge in [0, 0.05) is 52.9 Å². The summed E-state index contributed by atoms with van der Waals surface area (Å²) in [4.78, 5) is 14.1. The van der Waals surface area contributed by atoms with E-state index in [2.05, 4.69) is 101 Å². The van der Waals surface area contributed by atoms with Crippen LogP contribution in [0.15, 0.2) is 152 Å². The van der Waals surface area contributed by atoms with Crippen LogP contribution in [0.1, 0.15) is 33.9 Å². The number of rotatable bonds is 4. The molecule has 7 heteroatoms. The molecule has 0 unspecified atom stereocenters. The molecule has 0 saturated heterocycles. The van der Waals surface area contributed by atoms with Gasteiger partial charge in [-0.3, -0.25) is 0 Å². The van der Waals surface area contributed by atoms with Gasteiger partial charge in [0.15, 0.2) is 0 Å². The minimum Gasteiger partial charge on any atom is -0.395 e. The first kappa shape index (κ1) is 31.9. The average Bonchev–Trinajstić information content (AvgIpc) is 3.94. The van der Waals surface area contributed by atoms with Gasteiger partial charge in [-0.15, -0.1) is 0 Å². The molecular weight excluding hydrogens is 678 g/mol. The summed E-state index contributed by atoms with van der Waals surface area (Å²) < 4.78 is 2.16. The number of hydrogen-bond donors (Lipinski definition) is 3. The van der Waals surface area contributed by atoms with Crippen LogP contribution in [0.5, 0.6) is 0 Å². The summed E-state index contributed by atoms with van der Waals surface area (Å²) in [5.74, 6) is 0. The monoisotopic (exact) mass is 708 g/mol. The number of nitrogen functional groups attached to an aromatic ring is 2. The maximum absolute atomic E-state index is 7.19. The van der Waals surface area contributed by atoms with Crippen LogP contribution >= 0.6 is 0 Å². The third kappa shape index (κ3) is 5.68. The van der Waals surface area contributed by atoms with Gasteiger partial charge >= 0.3 is 0 Å². The summed E-state index contributed by atoms with van der Waals surface area (Å²) in [7, 11) is 0. The largest absolute Gasteiger partial charge is 0.395 e. The van der Waals surface area contributed by atoms with Gasteiger partial charge in [0.2, 0.25) is 0 Å². The van der Waals surface area contributed by atoms with Crippen LogP contribution in [-0.2, 0) is 19.5 Å². The molecule has 0 fully saturated rings. The molecule has 0 atom stereocenters. The normalized spacial score (nSPS) is 12.2. The van der Waals surface area contributed by atoms with Gasteiger partial charge in [0.25, 0.3) is 0 Å². The molecule has 51 heavy (non-hydrogen) atoms. The number of H-pyrrole nitrogens is 1. The van der Waals surface area contributed by atoms with Crippen LogP contribution in [0.3, 0.4) is 0 Å². The Hall–Kier alpha value is -6.30. The van der Waals surface area contributed by atoms with Crippen molar-refractivity contribution in [2.75, 3.05) is 11.5 Å². The molecule has 0 spiro atoms. The first-order chi connectivity index (χ1) is 24.6. The fraction of sp³-hybridized carbons (Fsp3) is 0. The standard InChI is InChI=1S/C44H32N6.Zn/c45-41-37-27-34-24-22-32(48-34)25-31-21-23-33(47-31)26-36-38(28-13-5-1-6-14-28)39(29-15-7-2-8-16-29)43(49-36)40(30-17-9-3-10-18-30)44(42(41)46)50(37)35-19-11-4-12-20-35;/h1-27,47H,45-46H2;. The summed E-state index contributed by atoms with van der Waals surface area (Å²) in [5, 5.41) is 0. The Bertz CT molecular complexity index is 2640. The first-order valence-corrected chi connectivity index (χ1v) is 16.6. The fourth-order valence-corrected chi connectivity index (χ4v) is 7.00. The zero-order valence-electron chi connectivity index (χ0n) is 27.8. The molecule has 4 aromatic carbocycles. The molecule has 0 aliphatic carbocycles. The van der Waals surface area contributed by atoms with Gasteiger partial charge < -0.3 is 21.0 Å². The predicted molar refractivity (Wildman–Crippen MR) is 207 cm³/mol. The molecule has 9 rings (SSSR count). The van der Waals surface area contributed by atoms with E-state index in [0.717, 1.165) is 83.9 Å². The summed E-state index contributed by atoms with van der Waals surface area (Å²) in [6, 6.07) is 51.8. The Kier molecular flexibility index (Phi) is 8.27. The predicted octanol–water partition coefficient (Wildman–Crippen LogP) is 9.78. The number of nitrogens with zero attached hydrogens (tertiary/aromatic N) is 3. The van der Waals surface area contributed by atoms with Gasteiger partial charge in [0.1, 0.15) is 0 Å². The minimum atomic E-state index is 0. The number of aromatic amines is 1. The van der Waals surface area contributed by atoms with E-state index in [1.807, 2.05) is 72.8 Å². The number of aromatic nitrogens is 4. The molecule has 5 heterocycles. The van der Waals surface area contributed by atoms with Crippen molar-refractivity contribution in [1.29, 1.82) is 0 Å². The smallest absolute Gasteiger partial charge is 0.0822 e. The second-order valence-corrected chi connectivity index (χ2v) is 12.4. The molecule has 8 bridgehead atoms. The molecule has 7 aromatic rings. The third-order valence-electron chi connectivity index (χ3n) is 9.23. The number of nitrogens with one attached hydrogen (secondary N) is 1. The van der Waals surface area contributed by atoms with E-state index in [9.17, 15) is 0 Å². The van der Waals surface area contributed by atoms with Crippen molar-refractivity contribution in [3.05, 3.63) is 186 Å². The quantitative estimate of drug-likeness (QED) is 0.159. The van der Waals surface area contributed by atoms with Crippen molar-refractivity contribution < 1.29 is 19.5 Å². The van der Waals surface area contributed by atoms with Gasteiger partial charge in [-0.05, 0) is 71.3 Å². The van der Waals surface area contributed by atoms with Crippen molar-refractivity contribution in [3.8, 4) is 16.8 Å². The third-order valence-corrected chi connectivity index (χ3v) is 9.23. The van der Waals surface area contributed by atoms with E-state index < -0.39 is 0 Å². The summed E-state index contributed by atoms with van der Waals surface area (Å²) >= 11 is 0. The van der Waals surface area contributed by atoms with Crippen molar-refractivity contribution in [3.63, 3.8) is 0 Å². The second kappa shape index (κ2) is 13.2. The maximum Gasteiger partial charge on any atom is 0.0822 e. The van der Waals surface area contributed by atoms with E-state index in [1.54, 1.807) is 0 Å². The molecule has 5 N–H and O–H groups in total.